The van der Waals surface area contributed by atoms with Crippen LogP contribution >= 0.6 is 0 Å². The van der Waals surface area contributed by atoms with Crippen molar-refractivity contribution in [3.8, 4) is 0 Å². The molecule has 0 amide bonds. The third-order valence-corrected chi connectivity index (χ3v) is 1.95. The van der Waals surface area contributed by atoms with Crippen LogP contribution in [0.2, 0.25) is 0 Å². The highest BCUT2D eigenvalue weighted by atomic mass is 16.5. The smallest absolute Gasteiger partial charge is 0.340 e. The summed E-state index contributed by atoms with van der Waals surface area (Å²) in [6.45, 7) is 2.10. The molecule has 0 aliphatic heterocycles. The van der Waals surface area contributed by atoms with Gasteiger partial charge in [0.15, 0.2) is 0 Å². The molecule has 1 aromatic rings. The van der Waals surface area contributed by atoms with E-state index in [2.05, 4.69) is 5.43 Å². The fourth-order valence-corrected chi connectivity index (χ4v) is 1.29. The van der Waals surface area contributed by atoms with Crippen molar-refractivity contribution in [3.05, 3.63) is 23.8 Å². The topological polar surface area (TPSA) is 67.6 Å². The highest BCUT2D eigenvalue weighted by Gasteiger charge is 2.13. The van der Waals surface area contributed by atoms with Gasteiger partial charge in [0.1, 0.15) is 0 Å². The van der Waals surface area contributed by atoms with Crippen LogP contribution in [0.4, 0.5) is 11.4 Å². The van der Waals surface area contributed by atoms with Gasteiger partial charge in [0.2, 0.25) is 0 Å². The third kappa shape index (κ3) is 2.87. The van der Waals surface area contributed by atoms with Crippen molar-refractivity contribution in [1.82, 2.24) is 5.01 Å². The molecule has 0 atom stereocenters. The van der Waals surface area contributed by atoms with Gasteiger partial charge in [-0.3, -0.25) is 0 Å². The molecule has 16 heavy (non-hydrogen) atoms. The first-order valence-electron chi connectivity index (χ1n) is 5.05. The summed E-state index contributed by atoms with van der Waals surface area (Å²) in [4.78, 5) is 11.6. The molecule has 5 heteroatoms. The van der Waals surface area contributed by atoms with E-state index >= 15 is 0 Å². The van der Waals surface area contributed by atoms with Gasteiger partial charge >= 0.3 is 5.97 Å². The average molecular weight is 223 g/mol. The molecule has 0 spiro atoms. The zero-order valence-corrected chi connectivity index (χ0v) is 9.78. The molecule has 0 fully saturated rings. The minimum absolute atomic E-state index is 0.337. The van der Waals surface area contributed by atoms with E-state index < -0.39 is 5.97 Å². The van der Waals surface area contributed by atoms with E-state index in [1.807, 2.05) is 14.1 Å². The molecule has 5 nitrogen and oxygen atoms in total. The summed E-state index contributed by atoms with van der Waals surface area (Å²) in [7, 11) is 3.69. The first-order valence-corrected chi connectivity index (χ1v) is 5.05. The van der Waals surface area contributed by atoms with Gasteiger partial charge in [-0.15, -0.1) is 0 Å². The monoisotopic (exact) mass is 223 g/mol. The number of nitrogens with two attached hydrogens (primary N) is 1. The van der Waals surface area contributed by atoms with Crippen molar-refractivity contribution >= 4 is 17.3 Å². The first kappa shape index (κ1) is 12.3. The van der Waals surface area contributed by atoms with Gasteiger partial charge in [-0.2, -0.15) is 0 Å². The Morgan fingerprint density at radius 2 is 2.19 bits per heavy atom. The lowest BCUT2D eigenvalue weighted by Crippen LogP contribution is -2.21. The summed E-state index contributed by atoms with van der Waals surface area (Å²) in [6, 6.07) is 5.21. The molecule has 0 unspecified atom stereocenters. The summed E-state index contributed by atoms with van der Waals surface area (Å²) in [5.74, 6) is -0.401. The van der Waals surface area contributed by atoms with Crippen LogP contribution in [0.25, 0.3) is 0 Å². The Balaban J connectivity index is 2.99. The Bertz CT molecular complexity index is 377. The summed E-state index contributed by atoms with van der Waals surface area (Å²) >= 11 is 0. The Labute approximate surface area is 95.2 Å². The molecule has 88 valence electrons. The predicted molar refractivity (Wildman–Crippen MR) is 64.1 cm³/mol. The molecule has 1 rings (SSSR count). The number of carbonyl (C=O) groups excluding carboxylic acids is 1. The minimum atomic E-state index is -0.401. The molecule has 0 aliphatic carbocycles. The minimum Gasteiger partial charge on any atom is -0.462 e. The lowest BCUT2D eigenvalue weighted by Gasteiger charge is -2.16. The number of nitrogen functional groups attached to an aromatic ring is 1. The number of para-hydroxylation sites is 1. The van der Waals surface area contributed by atoms with Crippen LogP contribution in [0.5, 0.6) is 0 Å². The molecule has 0 aromatic heterocycles. The van der Waals surface area contributed by atoms with Crippen molar-refractivity contribution in [2.45, 2.75) is 6.92 Å². The second-order valence-electron chi connectivity index (χ2n) is 3.49. The van der Waals surface area contributed by atoms with Crippen LogP contribution in [0, 0.1) is 0 Å². The largest absolute Gasteiger partial charge is 0.462 e. The molecule has 0 radical (unpaired) electrons. The second kappa shape index (κ2) is 5.37. The second-order valence-corrected chi connectivity index (χ2v) is 3.49. The number of nitrogens with zero attached hydrogens (tertiary/aromatic N) is 1. The maximum atomic E-state index is 11.6. The summed E-state index contributed by atoms with van der Waals surface area (Å²) in [5, 5.41) is 1.75. The lowest BCUT2D eigenvalue weighted by molar-refractivity contribution is 0.0527. The van der Waals surface area contributed by atoms with E-state index in [4.69, 9.17) is 10.5 Å². The maximum absolute atomic E-state index is 11.6. The van der Waals surface area contributed by atoms with Gasteiger partial charge < -0.3 is 15.9 Å². The summed E-state index contributed by atoms with van der Waals surface area (Å²) in [6.07, 6.45) is 0. The molecule has 3 N–H and O–H groups in total. The Hall–Kier alpha value is -1.75. The number of hydrazine groups is 1. The van der Waals surface area contributed by atoms with E-state index in [1.54, 1.807) is 30.1 Å². The van der Waals surface area contributed by atoms with E-state index in [9.17, 15) is 4.79 Å². The molecular weight excluding hydrogens is 206 g/mol. The van der Waals surface area contributed by atoms with Crippen LogP contribution in [0.1, 0.15) is 17.3 Å². The molecule has 0 aliphatic rings. The quantitative estimate of drug-likeness (QED) is 0.458. The van der Waals surface area contributed by atoms with Crippen molar-refractivity contribution in [3.63, 3.8) is 0 Å². The van der Waals surface area contributed by atoms with Crippen molar-refractivity contribution < 1.29 is 9.53 Å². The third-order valence-electron chi connectivity index (χ3n) is 1.95. The van der Waals surface area contributed by atoms with Gasteiger partial charge in [0.25, 0.3) is 0 Å². The summed E-state index contributed by atoms with van der Waals surface area (Å²) in [5.41, 5.74) is 10.4. The number of benzene rings is 1. The Morgan fingerprint density at radius 3 is 2.75 bits per heavy atom. The molecule has 0 saturated heterocycles. The van der Waals surface area contributed by atoms with Gasteiger partial charge in [0.05, 0.1) is 23.5 Å². The number of carbonyl (C=O) groups is 1. The van der Waals surface area contributed by atoms with Gasteiger partial charge in [-0.05, 0) is 19.1 Å². The molecule has 1 aromatic carbocycles. The highest BCUT2D eigenvalue weighted by Crippen LogP contribution is 2.23. The number of rotatable bonds is 4. The first-order chi connectivity index (χ1) is 7.56. The van der Waals surface area contributed by atoms with Gasteiger partial charge in [-0.25, -0.2) is 9.80 Å². The van der Waals surface area contributed by atoms with Gasteiger partial charge in [-0.1, -0.05) is 6.07 Å². The van der Waals surface area contributed by atoms with Crippen LogP contribution in [0.3, 0.4) is 0 Å². The maximum Gasteiger partial charge on any atom is 0.340 e. The SMILES string of the molecule is CCOC(=O)c1cccc(NN(C)C)c1N. The fourth-order valence-electron chi connectivity index (χ4n) is 1.29. The normalized spacial score (nSPS) is 10.2. The number of esters is 1. The number of ether oxygens (including phenoxy) is 1. The summed E-state index contributed by atoms with van der Waals surface area (Å²) < 4.78 is 4.91. The lowest BCUT2D eigenvalue weighted by atomic mass is 10.1. The van der Waals surface area contributed by atoms with Crippen molar-refractivity contribution in [2.75, 3.05) is 31.9 Å². The standard InChI is InChI=1S/C11H17N3O2/c1-4-16-11(15)8-6-5-7-9(10(8)12)13-14(2)3/h5-7,13H,4,12H2,1-3H3. The molecule has 0 bridgehead atoms. The highest BCUT2D eigenvalue weighted by molar-refractivity contribution is 5.98. The zero-order chi connectivity index (χ0) is 12.1. The van der Waals surface area contributed by atoms with Crippen LogP contribution in [-0.2, 0) is 4.74 Å². The van der Waals surface area contributed by atoms with E-state index in [0.29, 0.717) is 23.5 Å². The van der Waals surface area contributed by atoms with E-state index in [1.165, 1.54) is 0 Å². The molecule has 0 heterocycles. The van der Waals surface area contributed by atoms with E-state index in [-0.39, 0.29) is 0 Å². The van der Waals surface area contributed by atoms with Crippen molar-refractivity contribution in [2.24, 2.45) is 0 Å². The Kier molecular flexibility index (Phi) is 4.13. The van der Waals surface area contributed by atoms with Gasteiger partial charge in [0, 0.05) is 14.1 Å². The molecule has 0 saturated carbocycles. The molecular formula is C11H17N3O2. The predicted octanol–water partition coefficient (Wildman–Crippen LogP) is 1.33. The fraction of sp³-hybridized carbons (Fsp3) is 0.364. The van der Waals surface area contributed by atoms with Crippen LogP contribution in [0.15, 0.2) is 18.2 Å². The number of nitrogens with one attached hydrogen (secondary N) is 1. The number of anilines is 2. The van der Waals surface area contributed by atoms with E-state index in [0.717, 1.165) is 0 Å². The van der Waals surface area contributed by atoms with Crippen LogP contribution in [-0.4, -0.2) is 31.7 Å². The van der Waals surface area contributed by atoms with Crippen LogP contribution < -0.4 is 11.2 Å². The number of hydrogen-bond acceptors (Lipinski definition) is 5. The van der Waals surface area contributed by atoms with Crippen molar-refractivity contribution in [1.29, 1.82) is 0 Å². The average Bonchev–Trinajstić information content (AvgIpc) is 2.21. The zero-order valence-electron chi connectivity index (χ0n) is 9.78. The Morgan fingerprint density at radius 1 is 1.50 bits per heavy atom. The number of hydrogen-bond donors (Lipinski definition) is 2.